The Morgan fingerprint density at radius 2 is 2.10 bits per heavy atom. The van der Waals surface area contributed by atoms with Crippen LogP contribution < -0.4 is 10.6 Å². The molecule has 2 N–H and O–H groups in total. The maximum atomic E-state index is 12.8. The molecule has 1 fully saturated rings. The lowest BCUT2D eigenvalue weighted by atomic mass is 10.2. The fourth-order valence-corrected chi connectivity index (χ4v) is 1.85. The summed E-state index contributed by atoms with van der Waals surface area (Å²) in [6.07, 6.45) is -3.01. The third kappa shape index (κ3) is 3.96. The Morgan fingerprint density at radius 3 is 2.70 bits per heavy atom. The molecule has 5 nitrogen and oxygen atoms in total. The van der Waals surface area contributed by atoms with Gasteiger partial charge in [0.15, 0.2) is 0 Å². The first-order chi connectivity index (χ1) is 9.49. The van der Waals surface area contributed by atoms with Crippen LogP contribution in [0.4, 0.5) is 24.8 Å². The molecule has 20 heavy (non-hydrogen) atoms. The number of anilines is 2. The van der Waals surface area contributed by atoms with Gasteiger partial charge >= 0.3 is 6.18 Å². The Balaban J connectivity index is 2.19. The van der Waals surface area contributed by atoms with Crippen LogP contribution in [0.15, 0.2) is 6.07 Å². The zero-order chi connectivity index (χ0) is 14.6. The van der Waals surface area contributed by atoms with Gasteiger partial charge in [-0.15, -0.1) is 0 Å². The van der Waals surface area contributed by atoms with E-state index in [4.69, 9.17) is 4.74 Å². The van der Waals surface area contributed by atoms with Gasteiger partial charge in [-0.05, 0) is 12.8 Å². The molecule has 0 aliphatic carbocycles. The Labute approximate surface area is 114 Å². The molecule has 8 heteroatoms. The fraction of sp³-hybridized carbons (Fsp3) is 0.667. The first kappa shape index (κ1) is 14.8. The number of nitrogens with zero attached hydrogens (tertiary/aromatic N) is 2. The van der Waals surface area contributed by atoms with Crippen molar-refractivity contribution in [1.29, 1.82) is 0 Å². The highest BCUT2D eigenvalue weighted by Gasteiger charge is 2.35. The van der Waals surface area contributed by atoms with E-state index in [1.54, 1.807) is 0 Å². The molecular weight excluding hydrogens is 273 g/mol. The van der Waals surface area contributed by atoms with E-state index in [1.165, 1.54) is 6.07 Å². The number of ether oxygens (including phenoxy) is 1. The summed E-state index contributed by atoms with van der Waals surface area (Å²) >= 11 is 0. The van der Waals surface area contributed by atoms with Crippen LogP contribution in [0.3, 0.4) is 0 Å². The molecular formula is C12H17F3N4O. The minimum Gasteiger partial charge on any atom is -0.379 e. The van der Waals surface area contributed by atoms with E-state index in [9.17, 15) is 13.2 Å². The SMILES string of the molecule is CCCNc1cc(NC2CCOC2)nc(C(F)(F)F)n1. The van der Waals surface area contributed by atoms with Gasteiger partial charge in [0, 0.05) is 19.2 Å². The van der Waals surface area contributed by atoms with Crippen LogP contribution in [-0.2, 0) is 10.9 Å². The molecule has 1 aliphatic rings. The summed E-state index contributed by atoms with van der Waals surface area (Å²) in [5.41, 5.74) is 0. The Hall–Kier alpha value is -1.57. The van der Waals surface area contributed by atoms with Crippen molar-refractivity contribution in [2.45, 2.75) is 32.0 Å². The van der Waals surface area contributed by atoms with Crippen LogP contribution in [0.1, 0.15) is 25.6 Å². The summed E-state index contributed by atoms with van der Waals surface area (Å²) in [5.74, 6) is -0.794. The van der Waals surface area contributed by atoms with Crippen molar-refractivity contribution in [3.05, 3.63) is 11.9 Å². The van der Waals surface area contributed by atoms with E-state index in [1.807, 2.05) is 6.92 Å². The summed E-state index contributed by atoms with van der Waals surface area (Å²) in [6.45, 7) is 3.56. The van der Waals surface area contributed by atoms with Crippen LogP contribution in [0.25, 0.3) is 0 Å². The second-order valence-electron chi connectivity index (χ2n) is 4.59. The quantitative estimate of drug-likeness (QED) is 0.872. The number of alkyl halides is 3. The standard InChI is InChI=1S/C12H17F3N4O/c1-2-4-16-9-6-10(17-8-3-5-20-7-8)19-11(18-9)12(13,14)15/h6,8H,2-5,7H2,1H3,(H2,16,17,18,19). The van der Waals surface area contributed by atoms with Crippen LogP contribution in [0.5, 0.6) is 0 Å². The van der Waals surface area contributed by atoms with Gasteiger partial charge in [-0.2, -0.15) is 13.2 Å². The lowest BCUT2D eigenvalue weighted by Gasteiger charge is -2.15. The van der Waals surface area contributed by atoms with Gasteiger partial charge in [-0.3, -0.25) is 0 Å². The largest absolute Gasteiger partial charge is 0.451 e. The zero-order valence-corrected chi connectivity index (χ0v) is 11.1. The summed E-state index contributed by atoms with van der Waals surface area (Å²) in [4.78, 5) is 7.03. The van der Waals surface area contributed by atoms with Crippen molar-refractivity contribution in [3.8, 4) is 0 Å². The molecule has 0 saturated carbocycles. The molecule has 1 unspecified atom stereocenters. The van der Waals surface area contributed by atoms with Crippen molar-refractivity contribution < 1.29 is 17.9 Å². The molecule has 1 saturated heterocycles. The topological polar surface area (TPSA) is 59.1 Å². The molecule has 0 aromatic carbocycles. The first-order valence-electron chi connectivity index (χ1n) is 6.53. The van der Waals surface area contributed by atoms with Gasteiger partial charge < -0.3 is 15.4 Å². The molecule has 0 spiro atoms. The predicted octanol–water partition coefficient (Wildman–Crippen LogP) is 2.52. The monoisotopic (exact) mass is 290 g/mol. The van der Waals surface area contributed by atoms with Gasteiger partial charge in [0.2, 0.25) is 5.82 Å². The van der Waals surface area contributed by atoms with Gasteiger partial charge in [0.1, 0.15) is 11.6 Å². The van der Waals surface area contributed by atoms with Crippen LogP contribution in [-0.4, -0.2) is 35.8 Å². The van der Waals surface area contributed by atoms with Crippen LogP contribution in [0.2, 0.25) is 0 Å². The number of aromatic nitrogens is 2. The molecule has 0 amide bonds. The smallest absolute Gasteiger partial charge is 0.379 e. The summed E-state index contributed by atoms with van der Waals surface area (Å²) < 4.78 is 43.5. The highest BCUT2D eigenvalue weighted by Crippen LogP contribution is 2.28. The lowest BCUT2D eigenvalue weighted by molar-refractivity contribution is -0.144. The maximum absolute atomic E-state index is 12.8. The molecule has 2 heterocycles. The molecule has 1 atom stereocenters. The van der Waals surface area contributed by atoms with Crippen molar-refractivity contribution in [3.63, 3.8) is 0 Å². The normalized spacial score (nSPS) is 19.1. The molecule has 0 bridgehead atoms. The molecule has 1 aromatic rings. The number of nitrogens with one attached hydrogen (secondary N) is 2. The third-order valence-electron chi connectivity index (χ3n) is 2.82. The minimum absolute atomic E-state index is 0.00925. The van der Waals surface area contributed by atoms with Gasteiger partial charge in [-0.25, -0.2) is 9.97 Å². The maximum Gasteiger partial charge on any atom is 0.451 e. The average molecular weight is 290 g/mol. The van der Waals surface area contributed by atoms with Crippen molar-refractivity contribution >= 4 is 11.6 Å². The lowest BCUT2D eigenvalue weighted by Crippen LogP contribution is -2.22. The summed E-state index contributed by atoms with van der Waals surface area (Å²) in [7, 11) is 0. The second kappa shape index (κ2) is 6.25. The predicted molar refractivity (Wildman–Crippen MR) is 68.7 cm³/mol. The molecule has 2 rings (SSSR count). The molecule has 0 radical (unpaired) electrons. The Kier molecular flexibility index (Phi) is 4.64. The zero-order valence-electron chi connectivity index (χ0n) is 11.1. The average Bonchev–Trinajstić information content (AvgIpc) is 2.88. The van der Waals surface area contributed by atoms with Gasteiger partial charge in [-0.1, -0.05) is 6.92 Å². The van der Waals surface area contributed by atoms with Gasteiger partial charge in [0.05, 0.1) is 12.6 Å². The molecule has 1 aromatic heterocycles. The Bertz CT molecular complexity index is 447. The van der Waals surface area contributed by atoms with Crippen molar-refractivity contribution in [1.82, 2.24) is 9.97 Å². The third-order valence-corrected chi connectivity index (χ3v) is 2.82. The Morgan fingerprint density at radius 1 is 1.35 bits per heavy atom. The van der Waals surface area contributed by atoms with E-state index >= 15 is 0 Å². The number of hydrogen-bond donors (Lipinski definition) is 2. The highest BCUT2D eigenvalue weighted by atomic mass is 19.4. The fourth-order valence-electron chi connectivity index (χ4n) is 1.85. The molecule has 112 valence electrons. The van der Waals surface area contributed by atoms with E-state index in [2.05, 4.69) is 20.6 Å². The first-order valence-corrected chi connectivity index (χ1v) is 6.53. The van der Waals surface area contributed by atoms with E-state index in [-0.39, 0.29) is 17.7 Å². The summed E-state index contributed by atoms with van der Waals surface area (Å²) in [5, 5.41) is 5.80. The molecule has 1 aliphatic heterocycles. The van der Waals surface area contributed by atoms with Gasteiger partial charge in [0.25, 0.3) is 0 Å². The van der Waals surface area contributed by atoms with Crippen molar-refractivity contribution in [2.75, 3.05) is 30.4 Å². The summed E-state index contributed by atoms with van der Waals surface area (Å²) in [6, 6.07) is 1.48. The number of halogens is 3. The van der Waals surface area contributed by atoms with E-state index in [0.29, 0.717) is 19.8 Å². The van der Waals surface area contributed by atoms with Crippen LogP contribution in [0, 0.1) is 0 Å². The minimum atomic E-state index is -4.56. The number of hydrogen-bond acceptors (Lipinski definition) is 5. The van der Waals surface area contributed by atoms with E-state index < -0.39 is 12.0 Å². The highest BCUT2D eigenvalue weighted by molar-refractivity contribution is 5.48. The second-order valence-corrected chi connectivity index (χ2v) is 4.59. The van der Waals surface area contributed by atoms with E-state index in [0.717, 1.165) is 12.8 Å². The van der Waals surface area contributed by atoms with Crippen molar-refractivity contribution in [2.24, 2.45) is 0 Å². The van der Waals surface area contributed by atoms with Crippen LogP contribution >= 0.6 is 0 Å². The number of rotatable bonds is 5.